The Kier molecular flexibility index (Phi) is 4.86. The monoisotopic (exact) mass is 342 g/mol. The van der Waals surface area contributed by atoms with E-state index in [2.05, 4.69) is 5.32 Å². The van der Waals surface area contributed by atoms with Gasteiger partial charge in [0, 0.05) is 25.6 Å². The van der Waals surface area contributed by atoms with Gasteiger partial charge in [0.25, 0.3) is 0 Å². The van der Waals surface area contributed by atoms with E-state index in [9.17, 15) is 18.3 Å². The van der Waals surface area contributed by atoms with Gasteiger partial charge in [-0.05, 0) is 45.0 Å². The first-order valence-corrected chi connectivity index (χ1v) is 8.78. The Morgan fingerprint density at radius 1 is 1.30 bits per heavy atom. The number of phenolic OH excluding ortho intramolecular Hbond substituents is 1. The van der Waals surface area contributed by atoms with Crippen LogP contribution < -0.4 is 5.32 Å². The number of carbonyl (C=O) groups is 1. The maximum Gasteiger partial charge on any atom is 0.407 e. The van der Waals surface area contributed by atoms with Crippen LogP contribution in [0.4, 0.5) is 4.79 Å². The second-order valence-corrected chi connectivity index (χ2v) is 8.50. The van der Waals surface area contributed by atoms with Crippen molar-refractivity contribution in [2.75, 3.05) is 19.6 Å². The molecule has 1 amide bonds. The van der Waals surface area contributed by atoms with Gasteiger partial charge in [-0.25, -0.2) is 13.2 Å². The van der Waals surface area contributed by atoms with Crippen molar-refractivity contribution < 1.29 is 23.1 Å². The normalized spacial score (nSPS) is 16.7. The summed E-state index contributed by atoms with van der Waals surface area (Å²) in [5.41, 5.74) is -0.558. The van der Waals surface area contributed by atoms with Gasteiger partial charge in [-0.1, -0.05) is 0 Å². The number of amides is 1. The fraction of sp³-hybridized carbons (Fsp3) is 0.533. The number of alkyl carbamates (subject to hydrolysis) is 1. The van der Waals surface area contributed by atoms with E-state index >= 15 is 0 Å². The Labute approximate surface area is 136 Å². The van der Waals surface area contributed by atoms with E-state index in [0.29, 0.717) is 19.6 Å². The minimum atomic E-state index is -3.54. The van der Waals surface area contributed by atoms with Crippen LogP contribution in [0.1, 0.15) is 20.8 Å². The number of phenols is 1. The largest absolute Gasteiger partial charge is 0.508 e. The van der Waals surface area contributed by atoms with E-state index in [1.165, 1.54) is 28.6 Å². The quantitative estimate of drug-likeness (QED) is 0.865. The number of aromatic hydroxyl groups is 1. The first-order valence-electron chi connectivity index (χ1n) is 7.34. The van der Waals surface area contributed by atoms with E-state index in [0.717, 1.165) is 0 Å². The van der Waals surface area contributed by atoms with Gasteiger partial charge in [0.2, 0.25) is 10.0 Å². The molecule has 0 saturated carbocycles. The van der Waals surface area contributed by atoms with Crippen molar-refractivity contribution in [1.82, 2.24) is 9.62 Å². The molecule has 8 heteroatoms. The summed E-state index contributed by atoms with van der Waals surface area (Å²) in [5.74, 6) is 0.0846. The molecule has 1 aromatic carbocycles. The Bertz CT molecular complexity index is 658. The highest BCUT2D eigenvalue weighted by molar-refractivity contribution is 7.89. The number of ether oxygens (including phenoxy) is 1. The zero-order valence-electron chi connectivity index (χ0n) is 13.4. The molecule has 2 rings (SSSR count). The third-order valence-corrected chi connectivity index (χ3v) is 5.18. The van der Waals surface area contributed by atoms with E-state index in [-0.39, 0.29) is 16.6 Å². The van der Waals surface area contributed by atoms with E-state index in [1.807, 2.05) is 0 Å². The second kappa shape index (κ2) is 6.37. The standard InChI is InChI=1S/C15H22N2O5S/c1-15(2,3)22-14(19)16-8-11-9-17(10-11)23(20,21)13-6-4-12(18)5-7-13/h4-7,11,18H,8-10H2,1-3H3,(H,16,19). The van der Waals surface area contributed by atoms with Gasteiger partial charge in [0.1, 0.15) is 11.4 Å². The average Bonchev–Trinajstić information content (AvgIpc) is 2.34. The number of nitrogens with zero attached hydrogens (tertiary/aromatic N) is 1. The summed E-state index contributed by atoms with van der Waals surface area (Å²) < 4.78 is 31.1. The molecule has 0 atom stereocenters. The van der Waals surface area contributed by atoms with E-state index < -0.39 is 21.7 Å². The Morgan fingerprint density at radius 3 is 2.39 bits per heavy atom. The molecule has 0 unspecified atom stereocenters. The summed E-state index contributed by atoms with van der Waals surface area (Å²) in [4.78, 5) is 11.7. The van der Waals surface area contributed by atoms with Crippen LogP contribution in [0.2, 0.25) is 0 Å². The molecule has 1 fully saturated rings. The zero-order chi connectivity index (χ0) is 17.3. The van der Waals surface area contributed by atoms with E-state index in [1.54, 1.807) is 20.8 Å². The van der Waals surface area contributed by atoms with Crippen molar-refractivity contribution in [1.29, 1.82) is 0 Å². The van der Waals surface area contributed by atoms with Crippen molar-refractivity contribution >= 4 is 16.1 Å². The van der Waals surface area contributed by atoms with Crippen molar-refractivity contribution in [3.63, 3.8) is 0 Å². The van der Waals surface area contributed by atoms with Crippen LogP contribution in [0, 0.1) is 5.92 Å². The molecule has 0 spiro atoms. The first-order chi connectivity index (χ1) is 10.6. The molecular weight excluding hydrogens is 320 g/mol. The third kappa shape index (κ3) is 4.59. The number of benzene rings is 1. The predicted octanol–water partition coefficient (Wildman–Crippen LogP) is 1.54. The third-order valence-electron chi connectivity index (χ3n) is 3.33. The topological polar surface area (TPSA) is 95.9 Å². The van der Waals surface area contributed by atoms with Crippen molar-refractivity contribution in [2.45, 2.75) is 31.3 Å². The molecule has 0 aromatic heterocycles. The van der Waals surface area contributed by atoms with Gasteiger partial charge in [0.15, 0.2) is 0 Å². The summed E-state index contributed by atoms with van der Waals surface area (Å²) >= 11 is 0. The fourth-order valence-electron chi connectivity index (χ4n) is 2.16. The van der Waals surface area contributed by atoms with Gasteiger partial charge in [-0.2, -0.15) is 4.31 Å². The smallest absolute Gasteiger partial charge is 0.407 e. The van der Waals surface area contributed by atoms with Crippen molar-refractivity contribution in [2.24, 2.45) is 5.92 Å². The van der Waals surface area contributed by atoms with Crippen LogP contribution in [-0.2, 0) is 14.8 Å². The van der Waals surface area contributed by atoms with Crippen LogP contribution in [0.25, 0.3) is 0 Å². The molecular formula is C15H22N2O5S. The maximum absolute atomic E-state index is 12.3. The SMILES string of the molecule is CC(C)(C)OC(=O)NCC1CN(S(=O)(=O)c2ccc(O)cc2)C1. The number of hydrogen-bond acceptors (Lipinski definition) is 5. The lowest BCUT2D eigenvalue weighted by Crippen LogP contribution is -2.53. The number of hydrogen-bond donors (Lipinski definition) is 2. The van der Waals surface area contributed by atoms with Crippen LogP contribution >= 0.6 is 0 Å². The summed E-state index contributed by atoms with van der Waals surface area (Å²) in [6.07, 6.45) is -0.502. The lowest BCUT2D eigenvalue weighted by Gasteiger charge is -2.38. The lowest BCUT2D eigenvalue weighted by molar-refractivity contribution is 0.0503. The number of rotatable bonds is 4. The molecule has 0 aliphatic carbocycles. The van der Waals surface area contributed by atoms with Crippen LogP contribution in [0.3, 0.4) is 0 Å². The molecule has 1 aromatic rings. The Hall–Kier alpha value is -1.80. The van der Waals surface area contributed by atoms with Crippen molar-refractivity contribution in [3.05, 3.63) is 24.3 Å². The Balaban J connectivity index is 1.82. The summed E-state index contributed by atoms with van der Waals surface area (Å²) in [5, 5.41) is 11.9. The summed E-state index contributed by atoms with van der Waals surface area (Å²) in [7, 11) is -3.54. The number of sulfonamides is 1. The molecule has 7 nitrogen and oxygen atoms in total. The molecule has 2 N–H and O–H groups in total. The second-order valence-electron chi connectivity index (χ2n) is 6.56. The summed E-state index contributed by atoms with van der Waals surface area (Å²) in [6.45, 7) is 6.40. The highest BCUT2D eigenvalue weighted by atomic mass is 32.2. The van der Waals surface area contributed by atoms with Gasteiger partial charge in [-0.3, -0.25) is 0 Å². The molecule has 1 saturated heterocycles. The van der Waals surface area contributed by atoms with Crippen LogP contribution in [0.15, 0.2) is 29.2 Å². The minimum Gasteiger partial charge on any atom is -0.508 e. The maximum atomic E-state index is 12.3. The van der Waals surface area contributed by atoms with E-state index in [4.69, 9.17) is 4.74 Å². The van der Waals surface area contributed by atoms with Gasteiger partial charge >= 0.3 is 6.09 Å². The highest BCUT2D eigenvalue weighted by Crippen LogP contribution is 2.25. The molecule has 128 valence electrons. The minimum absolute atomic E-state index is 0.0204. The zero-order valence-corrected chi connectivity index (χ0v) is 14.3. The van der Waals surface area contributed by atoms with Crippen LogP contribution in [-0.4, -0.2) is 49.2 Å². The first kappa shape index (κ1) is 17.6. The van der Waals surface area contributed by atoms with Gasteiger partial charge < -0.3 is 15.2 Å². The molecule has 1 aliphatic rings. The molecule has 1 heterocycles. The molecule has 0 bridgehead atoms. The molecule has 23 heavy (non-hydrogen) atoms. The van der Waals surface area contributed by atoms with Crippen molar-refractivity contribution in [3.8, 4) is 5.75 Å². The predicted molar refractivity (Wildman–Crippen MR) is 84.6 cm³/mol. The van der Waals surface area contributed by atoms with Gasteiger partial charge in [0.05, 0.1) is 4.90 Å². The molecule has 0 radical (unpaired) electrons. The average molecular weight is 342 g/mol. The van der Waals surface area contributed by atoms with Crippen LogP contribution in [0.5, 0.6) is 5.75 Å². The number of nitrogens with one attached hydrogen (secondary N) is 1. The number of carbonyl (C=O) groups excluding carboxylic acids is 1. The molecule has 1 aliphatic heterocycles. The fourth-order valence-corrected chi connectivity index (χ4v) is 3.75. The lowest BCUT2D eigenvalue weighted by atomic mass is 10.0. The highest BCUT2D eigenvalue weighted by Gasteiger charge is 2.36. The summed E-state index contributed by atoms with van der Waals surface area (Å²) in [6, 6.07) is 5.43. The Morgan fingerprint density at radius 2 is 1.87 bits per heavy atom. The van der Waals surface area contributed by atoms with Gasteiger partial charge in [-0.15, -0.1) is 0 Å².